The van der Waals surface area contributed by atoms with Crippen LogP contribution in [0.3, 0.4) is 0 Å². The van der Waals surface area contributed by atoms with E-state index < -0.39 is 0 Å². The van der Waals surface area contributed by atoms with E-state index in [4.69, 9.17) is 16.3 Å². The molecule has 0 amide bonds. The van der Waals surface area contributed by atoms with Gasteiger partial charge in [-0.3, -0.25) is 0 Å². The summed E-state index contributed by atoms with van der Waals surface area (Å²) in [6.07, 6.45) is 0. The van der Waals surface area contributed by atoms with Crippen LogP contribution >= 0.6 is 24.0 Å². The molecule has 1 aliphatic heterocycles. The van der Waals surface area contributed by atoms with Crippen molar-refractivity contribution in [3.8, 4) is 0 Å². The van der Waals surface area contributed by atoms with E-state index in [2.05, 4.69) is 16.4 Å². The Balaban J connectivity index is 0.00000120. The van der Waals surface area contributed by atoms with Crippen LogP contribution < -0.4 is 5.32 Å². The van der Waals surface area contributed by atoms with Crippen LogP contribution in [0.25, 0.3) is 10.9 Å². The third kappa shape index (κ3) is 2.59. The fourth-order valence-electron chi connectivity index (χ4n) is 2.12. The zero-order valence-electron chi connectivity index (χ0n) is 9.73. The van der Waals surface area contributed by atoms with Gasteiger partial charge in [-0.05, 0) is 12.1 Å². The highest BCUT2D eigenvalue weighted by Gasteiger charge is 2.19. The number of nitrogens with zero attached hydrogens (tertiary/aromatic N) is 1. The van der Waals surface area contributed by atoms with Gasteiger partial charge in [0, 0.05) is 17.5 Å². The molecule has 96 valence electrons. The molecule has 0 spiro atoms. The van der Waals surface area contributed by atoms with E-state index >= 15 is 0 Å². The van der Waals surface area contributed by atoms with Crippen molar-refractivity contribution in [2.24, 2.45) is 0 Å². The number of hydrogen-bond acceptors (Lipinski definition) is 3. The molecule has 1 saturated heterocycles. The molecule has 1 aliphatic rings. The Labute approximate surface area is 117 Å². The zero-order chi connectivity index (χ0) is 11.7. The van der Waals surface area contributed by atoms with Crippen LogP contribution in [-0.2, 0) is 4.74 Å². The van der Waals surface area contributed by atoms with Gasteiger partial charge in [0.15, 0.2) is 0 Å². The van der Waals surface area contributed by atoms with Crippen molar-refractivity contribution in [3.05, 3.63) is 41.0 Å². The van der Waals surface area contributed by atoms with E-state index in [1.807, 2.05) is 24.3 Å². The maximum atomic E-state index is 6.23. The molecule has 1 fully saturated rings. The fraction of sp³-hybridized carbons (Fsp3) is 0.308. The number of para-hydroxylation sites is 1. The monoisotopic (exact) mass is 284 g/mol. The van der Waals surface area contributed by atoms with Crippen molar-refractivity contribution in [3.63, 3.8) is 0 Å². The summed E-state index contributed by atoms with van der Waals surface area (Å²) in [6.45, 7) is 2.27. The third-order valence-electron chi connectivity index (χ3n) is 3.00. The number of nitrogens with one attached hydrogen (secondary N) is 1. The maximum Gasteiger partial charge on any atom is 0.134 e. The predicted octanol–water partition coefficient (Wildman–Crippen LogP) is 2.97. The van der Waals surface area contributed by atoms with E-state index in [1.165, 1.54) is 0 Å². The SMILES string of the molecule is Cl.Clc1nc2ccccc2cc1[C@@H]1COCCN1. The average Bonchev–Trinajstić information content (AvgIpc) is 2.39. The van der Waals surface area contributed by atoms with Gasteiger partial charge >= 0.3 is 0 Å². The lowest BCUT2D eigenvalue weighted by Crippen LogP contribution is -2.34. The van der Waals surface area contributed by atoms with Crippen molar-refractivity contribution in [1.82, 2.24) is 10.3 Å². The molecule has 3 rings (SSSR count). The Morgan fingerprint density at radius 1 is 1.33 bits per heavy atom. The Morgan fingerprint density at radius 2 is 2.17 bits per heavy atom. The molecule has 2 aromatic rings. The van der Waals surface area contributed by atoms with Crippen LogP contribution in [-0.4, -0.2) is 24.7 Å². The highest BCUT2D eigenvalue weighted by atomic mass is 35.5. The highest BCUT2D eigenvalue weighted by Crippen LogP contribution is 2.26. The van der Waals surface area contributed by atoms with Gasteiger partial charge in [-0.15, -0.1) is 12.4 Å². The van der Waals surface area contributed by atoms with E-state index in [-0.39, 0.29) is 18.4 Å². The van der Waals surface area contributed by atoms with Crippen molar-refractivity contribution in [1.29, 1.82) is 0 Å². The summed E-state index contributed by atoms with van der Waals surface area (Å²) < 4.78 is 5.45. The van der Waals surface area contributed by atoms with Gasteiger partial charge in [-0.2, -0.15) is 0 Å². The minimum Gasteiger partial charge on any atom is -0.378 e. The third-order valence-corrected chi connectivity index (χ3v) is 3.30. The Kier molecular flexibility index (Phi) is 4.40. The summed E-state index contributed by atoms with van der Waals surface area (Å²) in [5, 5.41) is 5.06. The average molecular weight is 285 g/mol. The zero-order valence-corrected chi connectivity index (χ0v) is 11.3. The van der Waals surface area contributed by atoms with Crippen LogP contribution in [0.4, 0.5) is 0 Å². The smallest absolute Gasteiger partial charge is 0.134 e. The Bertz CT molecular complexity index is 542. The van der Waals surface area contributed by atoms with Crippen molar-refractivity contribution < 1.29 is 4.74 Å². The number of morpholine rings is 1. The summed E-state index contributed by atoms with van der Waals surface area (Å²) in [7, 11) is 0. The standard InChI is InChI=1S/C13H13ClN2O.ClH/c14-13-10(12-8-17-6-5-15-12)7-9-3-1-2-4-11(9)16-13;/h1-4,7,12,15H,5-6,8H2;1H/t12-;/m0./s1. The maximum absolute atomic E-state index is 6.23. The molecule has 0 radical (unpaired) electrons. The molecule has 2 heterocycles. The number of fused-ring (bicyclic) bond motifs is 1. The van der Waals surface area contributed by atoms with Crippen LogP contribution in [0.5, 0.6) is 0 Å². The molecule has 0 saturated carbocycles. The number of ether oxygens (including phenoxy) is 1. The topological polar surface area (TPSA) is 34.1 Å². The Hall–Kier alpha value is -0.870. The summed E-state index contributed by atoms with van der Waals surface area (Å²) in [6, 6.07) is 10.2. The second-order valence-electron chi connectivity index (χ2n) is 4.14. The molecule has 3 nitrogen and oxygen atoms in total. The van der Waals surface area contributed by atoms with Gasteiger partial charge in [0.25, 0.3) is 0 Å². The molecule has 1 aromatic heterocycles. The van der Waals surface area contributed by atoms with Crippen LogP contribution in [0, 0.1) is 0 Å². The highest BCUT2D eigenvalue weighted by molar-refractivity contribution is 6.30. The van der Waals surface area contributed by atoms with Crippen molar-refractivity contribution in [2.45, 2.75) is 6.04 Å². The van der Waals surface area contributed by atoms with E-state index in [1.54, 1.807) is 0 Å². The minimum absolute atomic E-state index is 0. The van der Waals surface area contributed by atoms with E-state index in [9.17, 15) is 0 Å². The molecule has 1 aromatic carbocycles. The molecule has 0 aliphatic carbocycles. The largest absolute Gasteiger partial charge is 0.378 e. The second-order valence-corrected chi connectivity index (χ2v) is 4.50. The summed E-state index contributed by atoms with van der Waals surface area (Å²) in [5.74, 6) is 0. The molecule has 5 heteroatoms. The minimum atomic E-state index is 0. The Morgan fingerprint density at radius 3 is 2.94 bits per heavy atom. The molecule has 0 bridgehead atoms. The fourth-order valence-corrected chi connectivity index (χ4v) is 2.40. The first-order valence-corrected chi connectivity index (χ1v) is 6.09. The van der Waals surface area contributed by atoms with Gasteiger partial charge < -0.3 is 10.1 Å². The van der Waals surface area contributed by atoms with Gasteiger partial charge in [0.05, 0.1) is 24.8 Å². The number of benzene rings is 1. The quantitative estimate of drug-likeness (QED) is 0.818. The molecule has 18 heavy (non-hydrogen) atoms. The van der Waals surface area contributed by atoms with Gasteiger partial charge in [-0.25, -0.2) is 4.98 Å². The number of pyridine rings is 1. The van der Waals surface area contributed by atoms with Crippen LogP contribution in [0.15, 0.2) is 30.3 Å². The summed E-state index contributed by atoms with van der Waals surface area (Å²) in [4.78, 5) is 4.42. The van der Waals surface area contributed by atoms with Crippen molar-refractivity contribution >= 4 is 34.9 Å². The summed E-state index contributed by atoms with van der Waals surface area (Å²) in [5.41, 5.74) is 1.95. The molecule has 1 N–H and O–H groups in total. The number of halogens is 2. The molecular weight excluding hydrogens is 271 g/mol. The van der Waals surface area contributed by atoms with Gasteiger partial charge in [0.1, 0.15) is 5.15 Å². The first-order valence-electron chi connectivity index (χ1n) is 5.71. The molecule has 0 unspecified atom stereocenters. The van der Waals surface area contributed by atoms with E-state index in [0.29, 0.717) is 11.8 Å². The van der Waals surface area contributed by atoms with Crippen molar-refractivity contribution in [2.75, 3.05) is 19.8 Å². The number of aromatic nitrogens is 1. The van der Waals surface area contributed by atoms with E-state index in [0.717, 1.165) is 29.6 Å². The molecule has 1 atom stereocenters. The first-order chi connectivity index (χ1) is 8.34. The number of hydrogen-bond donors (Lipinski definition) is 1. The lowest BCUT2D eigenvalue weighted by atomic mass is 10.1. The lowest BCUT2D eigenvalue weighted by molar-refractivity contribution is 0.0768. The van der Waals surface area contributed by atoms with Crippen LogP contribution in [0.1, 0.15) is 11.6 Å². The molecular formula is C13H14Cl2N2O. The van der Waals surface area contributed by atoms with Gasteiger partial charge in [0.2, 0.25) is 0 Å². The number of rotatable bonds is 1. The second kappa shape index (κ2) is 5.85. The van der Waals surface area contributed by atoms with Gasteiger partial charge in [-0.1, -0.05) is 29.8 Å². The predicted molar refractivity (Wildman–Crippen MR) is 75.6 cm³/mol. The normalized spacial score (nSPS) is 19.5. The van der Waals surface area contributed by atoms with Crippen LogP contribution in [0.2, 0.25) is 5.15 Å². The summed E-state index contributed by atoms with van der Waals surface area (Å²) >= 11 is 6.23. The first kappa shape index (κ1) is 13.6. The lowest BCUT2D eigenvalue weighted by Gasteiger charge is -2.24.